The van der Waals surface area contributed by atoms with Gasteiger partial charge in [0.25, 0.3) is 0 Å². The summed E-state index contributed by atoms with van der Waals surface area (Å²) in [7, 11) is 0. The first-order valence-electron chi connectivity index (χ1n) is 6.19. The highest BCUT2D eigenvalue weighted by atomic mass is 15.2. The minimum Gasteiger partial charge on any atom is -0.263 e. The SMILES string of the molecule is CC(C)c1n[nH]c(C2CCCCCC2)n1. The Morgan fingerprint density at radius 2 is 1.80 bits per heavy atom. The fourth-order valence-electron chi connectivity index (χ4n) is 2.28. The molecule has 1 aliphatic rings. The van der Waals surface area contributed by atoms with Gasteiger partial charge in [-0.15, -0.1) is 0 Å². The van der Waals surface area contributed by atoms with Gasteiger partial charge in [-0.05, 0) is 12.8 Å². The number of hydrogen-bond donors (Lipinski definition) is 1. The van der Waals surface area contributed by atoms with E-state index in [0.29, 0.717) is 11.8 Å². The highest BCUT2D eigenvalue weighted by Crippen LogP contribution is 2.29. The molecule has 1 aromatic heterocycles. The smallest absolute Gasteiger partial charge is 0.153 e. The van der Waals surface area contributed by atoms with Gasteiger partial charge in [0.15, 0.2) is 5.82 Å². The maximum absolute atomic E-state index is 4.61. The van der Waals surface area contributed by atoms with Crippen molar-refractivity contribution in [2.75, 3.05) is 0 Å². The molecule has 0 saturated heterocycles. The van der Waals surface area contributed by atoms with Crippen molar-refractivity contribution in [3.8, 4) is 0 Å². The molecule has 0 bridgehead atoms. The van der Waals surface area contributed by atoms with E-state index in [9.17, 15) is 0 Å². The first-order valence-corrected chi connectivity index (χ1v) is 6.19. The van der Waals surface area contributed by atoms with Crippen LogP contribution in [-0.2, 0) is 0 Å². The van der Waals surface area contributed by atoms with Crippen LogP contribution in [0.15, 0.2) is 0 Å². The van der Waals surface area contributed by atoms with Crippen LogP contribution in [0, 0.1) is 0 Å². The van der Waals surface area contributed by atoms with E-state index in [1.54, 1.807) is 0 Å². The third kappa shape index (κ3) is 2.58. The van der Waals surface area contributed by atoms with Crippen molar-refractivity contribution >= 4 is 0 Å². The summed E-state index contributed by atoms with van der Waals surface area (Å²) in [5, 5.41) is 7.41. The maximum atomic E-state index is 4.61. The zero-order chi connectivity index (χ0) is 10.7. The van der Waals surface area contributed by atoms with Crippen molar-refractivity contribution in [1.82, 2.24) is 15.2 Å². The van der Waals surface area contributed by atoms with Crippen molar-refractivity contribution in [2.24, 2.45) is 0 Å². The predicted octanol–water partition coefficient (Wildman–Crippen LogP) is 3.37. The van der Waals surface area contributed by atoms with Crippen molar-refractivity contribution < 1.29 is 0 Å². The predicted molar refractivity (Wildman–Crippen MR) is 60.9 cm³/mol. The molecule has 0 unspecified atom stereocenters. The van der Waals surface area contributed by atoms with Gasteiger partial charge in [-0.25, -0.2) is 4.98 Å². The van der Waals surface area contributed by atoms with E-state index in [-0.39, 0.29) is 0 Å². The summed E-state index contributed by atoms with van der Waals surface area (Å²) < 4.78 is 0. The van der Waals surface area contributed by atoms with E-state index >= 15 is 0 Å². The van der Waals surface area contributed by atoms with Crippen LogP contribution in [0.25, 0.3) is 0 Å². The summed E-state index contributed by atoms with van der Waals surface area (Å²) in [6.45, 7) is 4.28. The van der Waals surface area contributed by atoms with Gasteiger partial charge >= 0.3 is 0 Å². The number of aromatic nitrogens is 3. The molecule has 0 spiro atoms. The topological polar surface area (TPSA) is 41.6 Å². The second-order valence-electron chi connectivity index (χ2n) is 4.92. The Labute approximate surface area is 91.7 Å². The molecule has 1 fully saturated rings. The number of rotatable bonds is 2. The van der Waals surface area contributed by atoms with Gasteiger partial charge in [0.2, 0.25) is 0 Å². The van der Waals surface area contributed by atoms with E-state index in [4.69, 9.17) is 0 Å². The first kappa shape index (κ1) is 10.7. The quantitative estimate of drug-likeness (QED) is 0.755. The molecule has 0 atom stereocenters. The second kappa shape index (κ2) is 4.77. The average Bonchev–Trinajstić information content (AvgIpc) is 2.55. The molecule has 1 saturated carbocycles. The van der Waals surface area contributed by atoms with Gasteiger partial charge in [0, 0.05) is 11.8 Å². The van der Waals surface area contributed by atoms with Crippen LogP contribution < -0.4 is 0 Å². The van der Waals surface area contributed by atoms with E-state index in [1.807, 2.05) is 0 Å². The molecule has 1 heterocycles. The lowest BCUT2D eigenvalue weighted by atomic mass is 10.00. The van der Waals surface area contributed by atoms with Crippen LogP contribution in [0.5, 0.6) is 0 Å². The minimum atomic E-state index is 0.431. The first-order chi connectivity index (χ1) is 7.27. The lowest BCUT2D eigenvalue weighted by molar-refractivity contribution is 0.562. The highest BCUT2D eigenvalue weighted by Gasteiger charge is 2.18. The third-order valence-electron chi connectivity index (χ3n) is 3.28. The summed E-state index contributed by atoms with van der Waals surface area (Å²) in [5.74, 6) is 3.16. The van der Waals surface area contributed by atoms with E-state index < -0.39 is 0 Å². The Bertz CT molecular complexity index is 296. The number of aromatic amines is 1. The largest absolute Gasteiger partial charge is 0.263 e. The maximum Gasteiger partial charge on any atom is 0.153 e. The van der Waals surface area contributed by atoms with Crippen LogP contribution in [0.3, 0.4) is 0 Å². The summed E-state index contributed by atoms with van der Waals surface area (Å²) in [6.07, 6.45) is 8.05. The third-order valence-corrected chi connectivity index (χ3v) is 3.28. The fraction of sp³-hybridized carbons (Fsp3) is 0.833. The van der Waals surface area contributed by atoms with Crippen LogP contribution >= 0.6 is 0 Å². The van der Waals surface area contributed by atoms with Gasteiger partial charge in [0.1, 0.15) is 5.82 Å². The van der Waals surface area contributed by atoms with Crippen molar-refractivity contribution in [3.63, 3.8) is 0 Å². The Morgan fingerprint density at radius 3 is 2.33 bits per heavy atom. The Balaban J connectivity index is 2.06. The lowest BCUT2D eigenvalue weighted by Crippen LogP contribution is -2.00. The van der Waals surface area contributed by atoms with Crippen LogP contribution in [-0.4, -0.2) is 15.2 Å². The van der Waals surface area contributed by atoms with Crippen LogP contribution in [0.1, 0.15) is 75.9 Å². The number of hydrogen-bond acceptors (Lipinski definition) is 2. The molecule has 1 aliphatic carbocycles. The minimum absolute atomic E-state index is 0.431. The van der Waals surface area contributed by atoms with Gasteiger partial charge in [-0.2, -0.15) is 5.10 Å². The molecule has 0 radical (unpaired) electrons. The van der Waals surface area contributed by atoms with Crippen molar-refractivity contribution in [2.45, 2.75) is 64.2 Å². The van der Waals surface area contributed by atoms with Crippen LogP contribution in [0.4, 0.5) is 0 Å². The molecule has 0 amide bonds. The number of nitrogens with zero attached hydrogens (tertiary/aromatic N) is 2. The molecule has 0 aliphatic heterocycles. The second-order valence-corrected chi connectivity index (χ2v) is 4.92. The van der Waals surface area contributed by atoms with Gasteiger partial charge < -0.3 is 0 Å². The Kier molecular flexibility index (Phi) is 3.39. The van der Waals surface area contributed by atoms with E-state index in [1.165, 1.54) is 38.5 Å². The monoisotopic (exact) mass is 207 g/mol. The summed E-state index contributed by atoms with van der Waals surface area (Å²) in [5.41, 5.74) is 0. The average molecular weight is 207 g/mol. The summed E-state index contributed by atoms with van der Waals surface area (Å²) >= 11 is 0. The van der Waals surface area contributed by atoms with Gasteiger partial charge in [-0.1, -0.05) is 39.5 Å². The number of H-pyrrole nitrogens is 1. The normalized spacial score (nSPS) is 19.4. The van der Waals surface area contributed by atoms with Gasteiger partial charge in [0.05, 0.1) is 0 Å². The van der Waals surface area contributed by atoms with Gasteiger partial charge in [-0.3, -0.25) is 5.10 Å². The Hall–Kier alpha value is -0.860. The molecular formula is C12H21N3. The van der Waals surface area contributed by atoms with Crippen molar-refractivity contribution in [3.05, 3.63) is 11.6 Å². The summed E-state index contributed by atoms with van der Waals surface area (Å²) in [4.78, 5) is 4.61. The molecule has 1 aromatic rings. The van der Waals surface area contributed by atoms with Crippen LogP contribution in [0.2, 0.25) is 0 Å². The molecule has 15 heavy (non-hydrogen) atoms. The molecule has 2 rings (SSSR count). The summed E-state index contributed by atoms with van der Waals surface area (Å²) in [6, 6.07) is 0. The molecule has 84 valence electrons. The van der Waals surface area contributed by atoms with Crippen molar-refractivity contribution in [1.29, 1.82) is 0 Å². The zero-order valence-corrected chi connectivity index (χ0v) is 9.79. The number of nitrogens with one attached hydrogen (secondary N) is 1. The standard InChI is InChI=1S/C12H21N3/c1-9(2)11-13-12(15-14-11)10-7-5-3-4-6-8-10/h9-10H,3-8H2,1-2H3,(H,13,14,15). The molecule has 0 aromatic carbocycles. The molecule has 3 heteroatoms. The molecule has 3 nitrogen and oxygen atoms in total. The van der Waals surface area contributed by atoms with E-state index in [2.05, 4.69) is 29.0 Å². The molecular weight excluding hydrogens is 186 g/mol. The van der Waals surface area contributed by atoms with E-state index in [0.717, 1.165) is 11.6 Å². The highest BCUT2D eigenvalue weighted by molar-refractivity contribution is 5.00. The molecule has 1 N–H and O–H groups in total. The Morgan fingerprint density at radius 1 is 1.13 bits per heavy atom. The lowest BCUT2D eigenvalue weighted by Gasteiger charge is -2.09. The fourth-order valence-corrected chi connectivity index (χ4v) is 2.28. The zero-order valence-electron chi connectivity index (χ0n) is 9.79.